The minimum atomic E-state index is 0.410. The van der Waals surface area contributed by atoms with Crippen LogP contribution in [0.15, 0.2) is 0 Å². The number of carbonyl (C=O) groups is 1. The standard InChI is InChI=1S/C6H7ClN2O/c1-4-5(3-10)8-9(2)6(4)7/h3H,1-2H3. The second-order valence-corrected chi connectivity index (χ2v) is 2.40. The minimum absolute atomic E-state index is 0.410. The lowest BCUT2D eigenvalue weighted by Gasteiger charge is -1.87. The summed E-state index contributed by atoms with van der Waals surface area (Å²) in [6, 6.07) is 0. The fourth-order valence-electron chi connectivity index (χ4n) is 0.741. The number of hydrogen-bond acceptors (Lipinski definition) is 2. The summed E-state index contributed by atoms with van der Waals surface area (Å²) in [5, 5.41) is 4.36. The summed E-state index contributed by atoms with van der Waals surface area (Å²) in [5.41, 5.74) is 1.15. The fourth-order valence-corrected chi connectivity index (χ4v) is 0.875. The van der Waals surface area contributed by atoms with Gasteiger partial charge in [-0.15, -0.1) is 0 Å². The first-order valence-electron chi connectivity index (χ1n) is 2.81. The van der Waals surface area contributed by atoms with E-state index in [0.717, 1.165) is 5.56 Å². The maximum absolute atomic E-state index is 10.3. The third-order valence-corrected chi connectivity index (χ3v) is 1.88. The number of halogens is 1. The molecule has 0 N–H and O–H groups in total. The lowest BCUT2D eigenvalue weighted by atomic mass is 10.3. The molecule has 0 aliphatic carbocycles. The van der Waals surface area contributed by atoms with E-state index in [9.17, 15) is 4.79 Å². The largest absolute Gasteiger partial charge is 0.296 e. The highest BCUT2D eigenvalue weighted by molar-refractivity contribution is 6.30. The number of nitrogens with zero attached hydrogens (tertiary/aromatic N) is 2. The fraction of sp³-hybridized carbons (Fsp3) is 0.333. The van der Waals surface area contributed by atoms with E-state index in [4.69, 9.17) is 11.6 Å². The highest BCUT2D eigenvalue weighted by Crippen LogP contribution is 2.15. The lowest BCUT2D eigenvalue weighted by Crippen LogP contribution is -1.90. The molecule has 4 heteroatoms. The van der Waals surface area contributed by atoms with Crippen LogP contribution in [0.25, 0.3) is 0 Å². The Bertz CT molecular complexity index is 267. The average molecular weight is 159 g/mol. The van der Waals surface area contributed by atoms with Crippen molar-refractivity contribution < 1.29 is 4.79 Å². The molecule has 1 aromatic rings. The van der Waals surface area contributed by atoms with Crippen LogP contribution in [0.2, 0.25) is 5.15 Å². The van der Waals surface area contributed by atoms with Crippen molar-refractivity contribution in [2.75, 3.05) is 0 Å². The lowest BCUT2D eigenvalue weighted by molar-refractivity contribution is 0.111. The molecule has 0 saturated heterocycles. The zero-order valence-electron chi connectivity index (χ0n) is 5.76. The molecular weight excluding hydrogens is 152 g/mol. The van der Waals surface area contributed by atoms with Gasteiger partial charge in [-0.05, 0) is 6.92 Å². The van der Waals surface area contributed by atoms with Crippen LogP contribution in [0.3, 0.4) is 0 Å². The average Bonchev–Trinajstić information content (AvgIpc) is 2.17. The summed E-state index contributed by atoms with van der Waals surface area (Å²) in [4.78, 5) is 10.3. The van der Waals surface area contributed by atoms with Gasteiger partial charge in [-0.3, -0.25) is 9.48 Å². The summed E-state index contributed by atoms with van der Waals surface area (Å²) >= 11 is 5.72. The van der Waals surface area contributed by atoms with Crippen molar-refractivity contribution in [1.82, 2.24) is 9.78 Å². The van der Waals surface area contributed by atoms with Crippen molar-refractivity contribution in [3.05, 3.63) is 16.4 Å². The SMILES string of the molecule is Cc1c(C=O)nn(C)c1Cl. The summed E-state index contributed by atoms with van der Waals surface area (Å²) in [5.74, 6) is 0. The minimum Gasteiger partial charge on any atom is -0.296 e. The van der Waals surface area contributed by atoms with Gasteiger partial charge in [0.2, 0.25) is 0 Å². The molecule has 0 fully saturated rings. The summed E-state index contributed by atoms with van der Waals surface area (Å²) in [6.45, 7) is 1.76. The van der Waals surface area contributed by atoms with E-state index in [2.05, 4.69) is 5.10 Å². The Balaban J connectivity index is 3.30. The van der Waals surface area contributed by atoms with Crippen molar-refractivity contribution in [3.8, 4) is 0 Å². The smallest absolute Gasteiger partial charge is 0.170 e. The van der Waals surface area contributed by atoms with Gasteiger partial charge in [0.1, 0.15) is 10.8 Å². The van der Waals surface area contributed by atoms with Crippen molar-refractivity contribution in [2.45, 2.75) is 6.92 Å². The Morgan fingerprint density at radius 2 is 2.30 bits per heavy atom. The summed E-state index contributed by atoms with van der Waals surface area (Å²) < 4.78 is 1.47. The molecule has 10 heavy (non-hydrogen) atoms. The van der Waals surface area contributed by atoms with Crippen LogP contribution in [0.5, 0.6) is 0 Å². The topological polar surface area (TPSA) is 34.9 Å². The Morgan fingerprint density at radius 3 is 2.50 bits per heavy atom. The van der Waals surface area contributed by atoms with E-state index in [1.165, 1.54) is 4.68 Å². The van der Waals surface area contributed by atoms with Crippen LogP contribution in [-0.2, 0) is 7.05 Å². The van der Waals surface area contributed by atoms with E-state index in [-0.39, 0.29) is 0 Å². The van der Waals surface area contributed by atoms with Crippen LogP contribution >= 0.6 is 11.6 Å². The van der Waals surface area contributed by atoms with Crippen LogP contribution < -0.4 is 0 Å². The van der Waals surface area contributed by atoms with Crippen molar-refractivity contribution in [2.24, 2.45) is 7.05 Å². The van der Waals surface area contributed by atoms with Crippen LogP contribution in [-0.4, -0.2) is 16.1 Å². The first kappa shape index (κ1) is 7.28. The second-order valence-electron chi connectivity index (χ2n) is 2.04. The third-order valence-electron chi connectivity index (χ3n) is 1.35. The molecule has 1 heterocycles. The quantitative estimate of drug-likeness (QED) is 0.576. The van der Waals surface area contributed by atoms with Gasteiger partial charge in [-0.25, -0.2) is 0 Å². The number of aryl methyl sites for hydroxylation is 1. The highest BCUT2D eigenvalue weighted by atomic mass is 35.5. The normalized spacial score (nSPS) is 9.90. The zero-order valence-corrected chi connectivity index (χ0v) is 6.51. The predicted molar refractivity (Wildman–Crippen MR) is 38.3 cm³/mol. The van der Waals surface area contributed by atoms with E-state index in [1.54, 1.807) is 14.0 Å². The van der Waals surface area contributed by atoms with Gasteiger partial charge in [0.05, 0.1) is 0 Å². The number of hydrogen-bond donors (Lipinski definition) is 0. The molecule has 0 aromatic carbocycles. The van der Waals surface area contributed by atoms with E-state index in [1.807, 2.05) is 0 Å². The molecule has 3 nitrogen and oxygen atoms in total. The Kier molecular flexibility index (Phi) is 1.76. The van der Waals surface area contributed by atoms with Crippen molar-refractivity contribution >= 4 is 17.9 Å². The van der Waals surface area contributed by atoms with Gasteiger partial charge in [0.25, 0.3) is 0 Å². The Labute approximate surface area is 63.6 Å². The maximum atomic E-state index is 10.3. The van der Waals surface area contributed by atoms with Crippen molar-refractivity contribution in [3.63, 3.8) is 0 Å². The maximum Gasteiger partial charge on any atom is 0.170 e. The molecule has 0 aliphatic heterocycles. The molecule has 0 unspecified atom stereocenters. The second kappa shape index (κ2) is 2.42. The Hall–Kier alpha value is -0.830. The summed E-state index contributed by atoms with van der Waals surface area (Å²) in [6.07, 6.45) is 0.696. The van der Waals surface area contributed by atoms with E-state index in [0.29, 0.717) is 17.1 Å². The third kappa shape index (κ3) is 0.926. The monoisotopic (exact) mass is 158 g/mol. The van der Waals surface area contributed by atoms with Gasteiger partial charge in [-0.2, -0.15) is 5.10 Å². The predicted octanol–water partition coefficient (Wildman–Crippen LogP) is 1.19. The number of aldehydes is 1. The molecule has 0 atom stereocenters. The molecule has 0 radical (unpaired) electrons. The molecule has 0 aliphatic rings. The van der Waals surface area contributed by atoms with Gasteiger partial charge in [0.15, 0.2) is 6.29 Å². The van der Waals surface area contributed by atoms with Gasteiger partial charge < -0.3 is 0 Å². The molecule has 0 spiro atoms. The van der Waals surface area contributed by atoms with Gasteiger partial charge in [-0.1, -0.05) is 11.6 Å². The first-order chi connectivity index (χ1) is 4.66. The van der Waals surface area contributed by atoms with Crippen LogP contribution in [0.1, 0.15) is 16.1 Å². The Morgan fingerprint density at radius 1 is 1.70 bits per heavy atom. The molecule has 1 aromatic heterocycles. The molecule has 0 saturated carbocycles. The molecule has 0 bridgehead atoms. The molecular formula is C6H7ClN2O. The number of aromatic nitrogens is 2. The van der Waals surface area contributed by atoms with Gasteiger partial charge in [0, 0.05) is 12.6 Å². The molecule has 1 rings (SSSR count). The van der Waals surface area contributed by atoms with Gasteiger partial charge >= 0.3 is 0 Å². The zero-order chi connectivity index (χ0) is 7.72. The summed E-state index contributed by atoms with van der Waals surface area (Å²) in [7, 11) is 1.70. The first-order valence-corrected chi connectivity index (χ1v) is 3.19. The van der Waals surface area contributed by atoms with Crippen LogP contribution in [0, 0.1) is 6.92 Å². The van der Waals surface area contributed by atoms with Crippen LogP contribution in [0.4, 0.5) is 0 Å². The highest BCUT2D eigenvalue weighted by Gasteiger charge is 2.07. The van der Waals surface area contributed by atoms with E-state index >= 15 is 0 Å². The van der Waals surface area contributed by atoms with E-state index < -0.39 is 0 Å². The molecule has 0 amide bonds. The number of carbonyl (C=O) groups excluding carboxylic acids is 1. The number of rotatable bonds is 1. The molecule has 54 valence electrons. The van der Waals surface area contributed by atoms with Crippen molar-refractivity contribution in [1.29, 1.82) is 0 Å².